The van der Waals surface area contributed by atoms with Gasteiger partial charge in [0, 0.05) is 4.43 Å². The Morgan fingerprint density at radius 1 is 1.25 bits per heavy atom. The fraction of sp³-hybridized carbons (Fsp3) is 0.619. The average Bonchev–Trinajstić information content (AvgIpc) is 3.13. The number of ether oxygens (including phenoxy) is 5. The van der Waals surface area contributed by atoms with Crippen LogP contribution in [0.3, 0.4) is 0 Å². The quantitative estimate of drug-likeness (QED) is 0.317. The van der Waals surface area contributed by atoms with Gasteiger partial charge in [-0.1, -0.05) is 59.0 Å². The van der Waals surface area contributed by atoms with Gasteiger partial charge in [-0.15, -0.1) is 6.58 Å². The molecule has 0 saturated carbocycles. The zero-order valence-electron chi connectivity index (χ0n) is 16.5. The second-order valence-corrected chi connectivity index (χ2v) is 8.65. The molecular weight excluding hydrogens is 475 g/mol. The van der Waals surface area contributed by atoms with Gasteiger partial charge in [-0.05, 0) is 26.3 Å². The van der Waals surface area contributed by atoms with Gasteiger partial charge in [-0.3, -0.25) is 0 Å². The molecule has 7 heteroatoms. The van der Waals surface area contributed by atoms with E-state index in [4.69, 9.17) is 23.7 Å². The Balaban J connectivity index is 1.66. The summed E-state index contributed by atoms with van der Waals surface area (Å²) in [5, 5.41) is 10.5. The van der Waals surface area contributed by atoms with Crippen LogP contribution in [0, 0.1) is 0 Å². The highest BCUT2D eigenvalue weighted by Gasteiger charge is 2.63. The number of alkyl halides is 1. The zero-order valence-corrected chi connectivity index (χ0v) is 18.7. The van der Waals surface area contributed by atoms with Crippen LogP contribution in [-0.2, 0) is 30.3 Å². The molecule has 0 radical (unpaired) electrons. The van der Waals surface area contributed by atoms with Crippen molar-refractivity contribution in [2.45, 2.75) is 69.5 Å². The molecule has 1 unspecified atom stereocenters. The third-order valence-corrected chi connectivity index (χ3v) is 6.01. The van der Waals surface area contributed by atoms with Crippen molar-refractivity contribution in [3.63, 3.8) is 0 Å². The number of fused-ring (bicyclic) bond motifs is 1. The number of aliphatic hydroxyl groups is 1. The number of halogens is 1. The zero-order chi connectivity index (χ0) is 20.4. The van der Waals surface area contributed by atoms with Crippen molar-refractivity contribution in [1.29, 1.82) is 0 Å². The lowest BCUT2D eigenvalue weighted by molar-refractivity contribution is -0.247. The summed E-state index contributed by atoms with van der Waals surface area (Å²) >= 11 is 2.13. The highest BCUT2D eigenvalue weighted by Crippen LogP contribution is 2.46. The molecule has 2 aliphatic rings. The first kappa shape index (κ1) is 22.1. The van der Waals surface area contributed by atoms with Crippen molar-refractivity contribution in [3.05, 3.63) is 48.6 Å². The second-order valence-electron chi connectivity index (χ2n) is 7.77. The summed E-state index contributed by atoms with van der Waals surface area (Å²) in [6.07, 6.45) is -0.850. The second kappa shape index (κ2) is 9.07. The Morgan fingerprint density at radius 2 is 1.96 bits per heavy atom. The van der Waals surface area contributed by atoms with Crippen LogP contribution in [0.1, 0.15) is 26.3 Å². The normalized spacial score (nSPS) is 33.4. The Hall–Kier alpha value is -0.550. The highest BCUT2D eigenvalue weighted by atomic mass is 127. The lowest BCUT2D eigenvalue weighted by Gasteiger charge is -2.37. The molecule has 0 bridgehead atoms. The molecule has 1 N–H and O–H groups in total. The molecule has 2 fully saturated rings. The third-order valence-electron chi connectivity index (χ3n) is 5.10. The maximum absolute atomic E-state index is 10.5. The maximum atomic E-state index is 10.5. The Labute approximate surface area is 180 Å². The summed E-state index contributed by atoms with van der Waals surface area (Å²) in [4.78, 5) is 0. The van der Waals surface area contributed by atoms with Crippen molar-refractivity contribution < 1.29 is 28.8 Å². The van der Waals surface area contributed by atoms with Gasteiger partial charge in [0.05, 0.1) is 25.4 Å². The molecule has 0 spiro atoms. The summed E-state index contributed by atoms with van der Waals surface area (Å²) < 4.78 is 30.6. The Morgan fingerprint density at radius 3 is 2.61 bits per heavy atom. The summed E-state index contributed by atoms with van der Waals surface area (Å²) in [5.41, 5.74) is 0.206. The lowest BCUT2D eigenvalue weighted by atomic mass is 9.91. The van der Waals surface area contributed by atoms with Crippen LogP contribution >= 0.6 is 22.6 Å². The fourth-order valence-electron chi connectivity index (χ4n) is 3.60. The summed E-state index contributed by atoms with van der Waals surface area (Å²) in [6, 6.07) is 9.94. The van der Waals surface area contributed by atoms with Crippen molar-refractivity contribution in [2.75, 3.05) is 11.0 Å². The fourth-order valence-corrected chi connectivity index (χ4v) is 4.06. The Kier molecular flexibility index (Phi) is 7.18. The van der Waals surface area contributed by atoms with Gasteiger partial charge >= 0.3 is 0 Å². The first-order valence-corrected chi connectivity index (χ1v) is 11.0. The minimum Gasteiger partial charge on any atom is -0.389 e. The van der Waals surface area contributed by atoms with Gasteiger partial charge in [-0.2, -0.15) is 0 Å². The molecule has 0 amide bonds. The smallest absolute Gasteiger partial charge is 0.190 e. The largest absolute Gasteiger partial charge is 0.389 e. The number of rotatable bonds is 9. The highest BCUT2D eigenvalue weighted by molar-refractivity contribution is 14.1. The maximum Gasteiger partial charge on any atom is 0.190 e. The van der Waals surface area contributed by atoms with E-state index in [2.05, 4.69) is 29.2 Å². The SMILES string of the molecule is C=CC(CO[C@]1(C)[C@@H]([C@H](O)CI)O[C@@H]2OC(C)(C)O[C@@H]21)OCc1ccccc1. The van der Waals surface area contributed by atoms with E-state index in [1.54, 1.807) is 6.08 Å². The number of benzene rings is 1. The van der Waals surface area contributed by atoms with Gasteiger partial charge in [0.25, 0.3) is 0 Å². The van der Waals surface area contributed by atoms with Crippen molar-refractivity contribution >= 4 is 22.6 Å². The van der Waals surface area contributed by atoms with Gasteiger partial charge in [0.1, 0.15) is 17.8 Å². The van der Waals surface area contributed by atoms with E-state index >= 15 is 0 Å². The van der Waals surface area contributed by atoms with Gasteiger partial charge < -0.3 is 28.8 Å². The topological polar surface area (TPSA) is 66.4 Å². The molecule has 28 heavy (non-hydrogen) atoms. The number of hydrogen-bond donors (Lipinski definition) is 1. The third kappa shape index (κ3) is 4.77. The number of aliphatic hydroxyl groups excluding tert-OH is 1. The van der Waals surface area contributed by atoms with E-state index < -0.39 is 36.0 Å². The van der Waals surface area contributed by atoms with Crippen LogP contribution in [0.25, 0.3) is 0 Å². The minimum atomic E-state index is -0.875. The molecule has 1 aromatic carbocycles. The lowest BCUT2D eigenvalue weighted by Crippen LogP contribution is -2.54. The van der Waals surface area contributed by atoms with Gasteiger partial charge in [0.2, 0.25) is 0 Å². The summed E-state index contributed by atoms with van der Waals surface area (Å²) in [6.45, 7) is 10.2. The first-order chi connectivity index (χ1) is 13.3. The molecular formula is C21H29IO6. The van der Waals surface area contributed by atoms with Gasteiger partial charge in [0.15, 0.2) is 12.1 Å². The van der Waals surface area contributed by atoms with Crippen LogP contribution in [0.2, 0.25) is 0 Å². The molecule has 3 rings (SSSR count). The van der Waals surface area contributed by atoms with E-state index in [0.717, 1.165) is 5.56 Å². The Bertz CT molecular complexity index is 654. The molecule has 2 saturated heterocycles. The molecule has 6 nitrogen and oxygen atoms in total. The predicted molar refractivity (Wildman–Crippen MR) is 113 cm³/mol. The molecule has 156 valence electrons. The molecule has 6 atom stereocenters. The molecule has 1 aromatic rings. The van der Waals surface area contributed by atoms with E-state index in [0.29, 0.717) is 11.0 Å². The van der Waals surface area contributed by atoms with Crippen molar-refractivity contribution in [1.82, 2.24) is 0 Å². The molecule has 2 heterocycles. The van der Waals surface area contributed by atoms with E-state index in [1.165, 1.54) is 0 Å². The molecule has 0 aromatic heterocycles. The van der Waals surface area contributed by atoms with Crippen LogP contribution in [-0.4, -0.2) is 58.2 Å². The van der Waals surface area contributed by atoms with Crippen LogP contribution in [0.5, 0.6) is 0 Å². The monoisotopic (exact) mass is 504 g/mol. The molecule has 0 aliphatic carbocycles. The van der Waals surface area contributed by atoms with Gasteiger partial charge in [-0.25, -0.2) is 0 Å². The van der Waals surface area contributed by atoms with E-state index in [1.807, 2.05) is 51.1 Å². The average molecular weight is 504 g/mol. The minimum absolute atomic E-state index is 0.271. The van der Waals surface area contributed by atoms with Crippen LogP contribution in [0.4, 0.5) is 0 Å². The van der Waals surface area contributed by atoms with E-state index in [-0.39, 0.29) is 12.7 Å². The predicted octanol–water partition coefficient (Wildman–Crippen LogP) is 3.21. The van der Waals surface area contributed by atoms with Crippen LogP contribution in [0.15, 0.2) is 43.0 Å². The number of hydrogen-bond acceptors (Lipinski definition) is 6. The summed E-state index contributed by atoms with van der Waals surface area (Å²) in [7, 11) is 0. The van der Waals surface area contributed by atoms with E-state index in [9.17, 15) is 5.11 Å². The standard InChI is InChI=1S/C21H29IO6/c1-5-15(24-12-14-9-7-6-8-10-14)13-25-21(4)17(16(23)11-22)26-19-18(21)27-20(2,3)28-19/h5-10,15-19,23H,1,11-13H2,2-4H3/t15?,16-,17-,18+,19-,21-/m1/s1. The first-order valence-electron chi connectivity index (χ1n) is 9.46. The molecule has 2 aliphatic heterocycles. The summed E-state index contributed by atoms with van der Waals surface area (Å²) in [5.74, 6) is -0.762. The van der Waals surface area contributed by atoms with Crippen molar-refractivity contribution in [3.8, 4) is 0 Å². The van der Waals surface area contributed by atoms with Crippen molar-refractivity contribution in [2.24, 2.45) is 0 Å². The van der Waals surface area contributed by atoms with Crippen LogP contribution < -0.4 is 0 Å².